The second-order valence-corrected chi connectivity index (χ2v) is 13.4. The van der Waals surface area contributed by atoms with E-state index in [0.29, 0.717) is 30.1 Å². The summed E-state index contributed by atoms with van der Waals surface area (Å²) in [5, 5.41) is 42.9. The topological polar surface area (TPSA) is 80.9 Å². The third kappa shape index (κ3) is 4.02. The maximum atomic E-state index is 11.6. The summed E-state index contributed by atoms with van der Waals surface area (Å²) in [6, 6.07) is 0. The summed E-state index contributed by atoms with van der Waals surface area (Å²) in [7, 11) is 0. The highest BCUT2D eigenvalue weighted by Gasteiger charge is 2.63. The van der Waals surface area contributed by atoms with E-state index in [4.69, 9.17) is 0 Å². The standard InChI is InChI=1S/C27H48O4/c1-24(2,30)13-12-23(29)27(5,31)22-9-8-20-19-7-6-17-16-18(28)10-14-25(17,3)21(19)11-15-26(20,22)4/h17-23,28-31H,6-16H2,1-5H3/t17-,18+,19+,20+,21+,22+,23-,25+,26+,27-/m1/s1. The van der Waals surface area contributed by atoms with Gasteiger partial charge in [-0.05, 0) is 132 Å². The monoisotopic (exact) mass is 436 g/mol. The van der Waals surface area contributed by atoms with Crippen LogP contribution in [0.15, 0.2) is 0 Å². The van der Waals surface area contributed by atoms with Crippen LogP contribution in [-0.4, -0.2) is 43.8 Å². The van der Waals surface area contributed by atoms with Crippen LogP contribution in [0.25, 0.3) is 0 Å². The Labute approximate surface area is 189 Å². The first-order valence-electron chi connectivity index (χ1n) is 13.1. The van der Waals surface area contributed by atoms with Crippen molar-refractivity contribution in [3.63, 3.8) is 0 Å². The van der Waals surface area contributed by atoms with Crippen LogP contribution in [0.4, 0.5) is 0 Å². The lowest BCUT2D eigenvalue weighted by Gasteiger charge is -2.61. The highest BCUT2D eigenvalue weighted by Crippen LogP contribution is 2.68. The van der Waals surface area contributed by atoms with Gasteiger partial charge in [0.15, 0.2) is 0 Å². The molecule has 0 saturated heterocycles. The number of aliphatic hydroxyl groups excluding tert-OH is 2. The summed E-state index contributed by atoms with van der Waals surface area (Å²) in [5.41, 5.74) is -1.48. The molecule has 0 radical (unpaired) electrons. The summed E-state index contributed by atoms with van der Waals surface area (Å²) in [5.74, 6) is 2.89. The highest BCUT2D eigenvalue weighted by molar-refractivity contribution is 5.12. The number of hydrogen-bond acceptors (Lipinski definition) is 4. The van der Waals surface area contributed by atoms with Gasteiger partial charge in [0.05, 0.1) is 23.4 Å². The Balaban J connectivity index is 1.52. The molecule has 4 fully saturated rings. The minimum absolute atomic E-state index is 0.0811. The SMILES string of the molecule is CC(C)(O)CC[C@@H](O)[C@](C)(O)[C@H]1CC[C@H]2[C@@H]3CC[C@@H]4C[C@@H](O)CC[C@]4(C)[C@H]3CC[C@]12C. The molecule has 0 aromatic heterocycles. The number of rotatable bonds is 5. The molecule has 0 aliphatic heterocycles. The predicted octanol–water partition coefficient (Wildman–Crippen LogP) is 4.67. The summed E-state index contributed by atoms with van der Waals surface area (Å²) in [6.07, 6.45) is 10.2. The molecule has 180 valence electrons. The van der Waals surface area contributed by atoms with Crippen molar-refractivity contribution in [2.24, 2.45) is 40.4 Å². The molecule has 0 spiro atoms. The van der Waals surface area contributed by atoms with Crippen LogP contribution in [0.2, 0.25) is 0 Å². The molecule has 4 aliphatic rings. The van der Waals surface area contributed by atoms with Gasteiger partial charge in [-0.2, -0.15) is 0 Å². The van der Waals surface area contributed by atoms with E-state index in [9.17, 15) is 20.4 Å². The molecule has 4 aliphatic carbocycles. The first-order chi connectivity index (χ1) is 14.3. The van der Waals surface area contributed by atoms with Crippen LogP contribution in [-0.2, 0) is 0 Å². The van der Waals surface area contributed by atoms with E-state index in [1.807, 2.05) is 6.92 Å². The minimum Gasteiger partial charge on any atom is -0.393 e. The van der Waals surface area contributed by atoms with Gasteiger partial charge in [-0.15, -0.1) is 0 Å². The molecule has 0 aromatic rings. The third-order valence-electron chi connectivity index (χ3n) is 11.0. The van der Waals surface area contributed by atoms with Gasteiger partial charge in [-0.25, -0.2) is 0 Å². The van der Waals surface area contributed by atoms with E-state index >= 15 is 0 Å². The van der Waals surface area contributed by atoms with E-state index in [1.54, 1.807) is 13.8 Å². The van der Waals surface area contributed by atoms with Gasteiger partial charge in [-0.3, -0.25) is 0 Å². The normalized spacial score (nSPS) is 48.3. The first-order valence-corrected chi connectivity index (χ1v) is 13.1. The molecule has 0 amide bonds. The van der Waals surface area contributed by atoms with Crippen LogP contribution in [0.3, 0.4) is 0 Å². The second kappa shape index (κ2) is 7.96. The van der Waals surface area contributed by atoms with Gasteiger partial charge in [0.1, 0.15) is 0 Å². The molecule has 0 unspecified atom stereocenters. The second-order valence-electron chi connectivity index (χ2n) is 13.4. The Bertz CT molecular complexity index is 654. The Morgan fingerprint density at radius 1 is 0.871 bits per heavy atom. The largest absolute Gasteiger partial charge is 0.393 e. The van der Waals surface area contributed by atoms with Gasteiger partial charge in [0.25, 0.3) is 0 Å². The van der Waals surface area contributed by atoms with Crippen molar-refractivity contribution < 1.29 is 20.4 Å². The third-order valence-corrected chi connectivity index (χ3v) is 11.0. The van der Waals surface area contributed by atoms with E-state index in [0.717, 1.165) is 37.5 Å². The molecular weight excluding hydrogens is 388 g/mol. The molecule has 31 heavy (non-hydrogen) atoms. The van der Waals surface area contributed by atoms with Gasteiger partial charge in [0.2, 0.25) is 0 Å². The Morgan fingerprint density at radius 3 is 2.19 bits per heavy atom. The maximum Gasteiger partial charge on any atom is 0.0910 e. The van der Waals surface area contributed by atoms with Crippen LogP contribution >= 0.6 is 0 Å². The molecule has 4 heteroatoms. The van der Waals surface area contributed by atoms with Crippen molar-refractivity contribution in [2.75, 3.05) is 0 Å². The summed E-state index contributed by atoms with van der Waals surface area (Å²) >= 11 is 0. The fourth-order valence-corrected chi connectivity index (χ4v) is 9.21. The molecule has 0 bridgehead atoms. The van der Waals surface area contributed by atoms with Crippen molar-refractivity contribution >= 4 is 0 Å². The Morgan fingerprint density at radius 2 is 1.52 bits per heavy atom. The van der Waals surface area contributed by atoms with Crippen molar-refractivity contribution in [3.05, 3.63) is 0 Å². The summed E-state index contributed by atoms with van der Waals surface area (Å²) < 4.78 is 0. The number of aliphatic hydroxyl groups is 4. The average molecular weight is 437 g/mol. The molecule has 4 N–H and O–H groups in total. The predicted molar refractivity (Wildman–Crippen MR) is 123 cm³/mol. The molecule has 0 heterocycles. The zero-order chi connectivity index (χ0) is 22.8. The molecule has 0 aromatic carbocycles. The van der Waals surface area contributed by atoms with Crippen LogP contribution in [0.1, 0.15) is 105 Å². The van der Waals surface area contributed by atoms with E-state index < -0.39 is 17.3 Å². The maximum absolute atomic E-state index is 11.6. The molecular formula is C27H48O4. The average Bonchev–Trinajstić information content (AvgIpc) is 3.04. The lowest BCUT2D eigenvalue weighted by molar-refractivity contribution is -0.168. The van der Waals surface area contributed by atoms with Gasteiger partial charge >= 0.3 is 0 Å². The van der Waals surface area contributed by atoms with Gasteiger partial charge in [0, 0.05) is 0 Å². The molecule has 4 rings (SSSR count). The van der Waals surface area contributed by atoms with Gasteiger partial charge in [-0.1, -0.05) is 13.8 Å². The molecule has 4 nitrogen and oxygen atoms in total. The lowest BCUT2D eigenvalue weighted by atomic mass is 9.44. The van der Waals surface area contributed by atoms with Crippen molar-refractivity contribution in [1.29, 1.82) is 0 Å². The van der Waals surface area contributed by atoms with Crippen LogP contribution in [0, 0.1) is 40.4 Å². The quantitative estimate of drug-likeness (QED) is 0.505. The summed E-state index contributed by atoms with van der Waals surface area (Å²) in [4.78, 5) is 0. The number of fused-ring (bicyclic) bond motifs is 5. The van der Waals surface area contributed by atoms with Crippen LogP contribution in [0.5, 0.6) is 0 Å². The van der Waals surface area contributed by atoms with E-state index in [-0.39, 0.29) is 17.4 Å². The van der Waals surface area contributed by atoms with Crippen LogP contribution < -0.4 is 0 Å². The number of hydrogen-bond donors (Lipinski definition) is 4. The Hall–Kier alpha value is -0.160. The van der Waals surface area contributed by atoms with Crippen molar-refractivity contribution in [3.8, 4) is 0 Å². The highest BCUT2D eigenvalue weighted by atomic mass is 16.3. The smallest absolute Gasteiger partial charge is 0.0910 e. The van der Waals surface area contributed by atoms with E-state index in [1.165, 1.54) is 32.1 Å². The van der Waals surface area contributed by atoms with Gasteiger partial charge < -0.3 is 20.4 Å². The minimum atomic E-state index is -1.11. The van der Waals surface area contributed by atoms with Crippen molar-refractivity contribution in [2.45, 2.75) is 129 Å². The first kappa shape index (κ1) is 24.0. The summed E-state index contributed by atoms with van der Waals surface area (Å²) in [6.45, 7) is 10.3. The fraction of sp³-hybridized carbons (Fsp3) is 1.00. The zero-order valence-electron chi connectivity index (χ0n) is 20.6. The molecule has 10 atom stereocenters. The molecule has 4 saturated carbocycles. The Kier molecular flexibility index (Phi) is 6.16. The lowest BCUT2D eigenvalue weighted by Crippen LogP contribution is -2.57. The fourth-order valence-electron chi connectivity index (χ4n) is 9.21. The zero-order valence-corrected chi connectivity index (χ0v) is 20.6. The van der Waals surface area contributed by atoms with E-state index in [2.05, 4.69) is 13.8 Å². The van der Waals surface area contributed by atoms with Crippen molar-refractivity contribution in [1.82, 2.24) is 0 Å².